The number of hydrogen-bond acceptors (Lipinski definition) is 8. The van der Waals surface area contributed by atoms with Crippen molar-refractivity contribution in [3.05, 3.63) is 54.4 Å². The first-order valence-corrected chi connectivity index (χ1v) is 10.1. The summed E-state index contributed by atoms with van der Waals surface area (Å²) < 4.78 is 22.5. The minimum absolute atomic E-state index is 0.139. The van der Waals surface area contributed by atoms with Crippen LogP contribution in [0.1, 0.15) is 18.9 Å². The molecule has 3 aromatic rings. The number of carbonyl (C=O) groups excluding carboxylic acids is 1. The van der Waals surface area contributed by atoms with Crippen molar-refractivity contribution < 1.29 is 23.4 Å². The Morgan fingerprint density at radius 2 is 1.97 bits per heavy atom. The van der Waals surface area contributed by atoms with Crippen molar-refractivity contribution in [1.29, 1.82) is 0 Å². The Labute approximate surface area is 171 Å². The average Bonchev–Trinajstić information content (AvgIpc) is 3.23. The number of nitrogens with one attached hydrogen (secondary N) is 1. The van der Waals surface area contributed by atoms with Gasteiger partial charge in [0.25, 0.3) is 11.1 Å². The second-order valence-electron chi connectivity index (χ2n) is 6.06. The van der Waals surface area contributed by atoms with Crippen LogP contribution in [-0.4, -0.2) is 35.1 Å². The second-order valence-corrected chi connectivity index (χ2v) is 6.99. The third-order valence-electron chi connectivity index (χ3n) is 3.98. The van der Waals surface area contributed by atoms with Gasteiger partial charge in [0.15, 0.2) is 11.5 Å². The first-order chi connectivity index (χ1) is 14.2. The quantitative estimate of drug-likeness (QED) is 0.586. The van der Waals surface area contributed by atoms with Crippen LogP contribution < -0.4 is 19.5 Å². The number of nitrogens with zero attached hydrogens (tertiary/aromatic N) is 2. The van der Waals surface area contributed by atoms with E-state index in [2.05, 4.69) is 15.5 Å². The lowest BCUT2D eigenvalue weighted by Crippen LogP contribution is -2.21. The number of fused-ring (bicyclic) bond motifs is 1. The van der Waals surface area contributed by atoms with Crippen LogP contribution in [0.5, 0.6) is 17.2 Å². The summed E-state index contributed by atoms with van der Waals surface area (Å²) in [7, 11) is 0. The summed E-state index contributed by atoms with van der Waals surface area (Å²) in [5, 5.41) is 11.1. The van der Waals surface area contributed by atoms with Gasteiger partial charge < -0.3 is 23.9 Å². The minimum atomic E-state index is -0.482. The van der Waals surface area contributed by atoms with E-state index < -0.39 is 6.10 Å². The Morgan fingerprint density at radius 3 is 2.76 bits per heavy atom. The van der Waals surface area contributed by atoms with E-state index in [4.69, 9.17) is 18.6 Å². The van der Waals surface area contributed by atoms with Crippen LogP contribution in [0.2, 0.25) is 0 Å². The van der Waals surface area contributed by atoms with E-state index in [1.54, 1.807) is 24.3 Å². The summed E-state index contributed by atoms with van der Waals surface area (Å²) in [6.07, 6.45) is -0.482. The zero-order valence-corrected chi connectivity index (χ0v) is 16.5. The van der Waals surface area contributed by atoms with E-state index in [0.29, 0.717) is 34.9 Å². The maximum absolute atomic E-state index is 12.1. The van der Waals surface area contributed by atoms with Crippen molar-refractivity contribution in [3.8, 4) is 17.2 Å². The number of aromatic nitrogens is 2. The normalized spacial score (nSPS) is 15.0. The Hall–Kier alpha value is -3.20. The lowest BCUT2D eigenvalue weighted by atomic mass is 10.2. The number of hydrogen-bond donors (Lipinski definition) is 1. The Morgan fingerprint density at radius 1 is 1.17 bits per heavy atom. The van der Waals surface area contributed by atoms with E-state index >= 15 is 0 Å². The van der Waals surface area contributed by atoms with Crippen LogP contribution in [0.15, 0.2) is 58.2 Å². The van der Waals surface area contributed by atoms with E-state index in [9.17, 15) is 4.79 Å². The molecular weight excluding hydrogens is 394 g/mol. The van der Waals surface area contributed by atoms with Gasteiger partial charge in [-0.2, -0.15) is 0 Å². The number of ether oxygens (including phenoxy) is 3. The van der Waals surface area contributed by atoms with Crippen LogP contribution >= 0.6 is 11.8 Å². The molecule has 8 nitrogen and oxygen atoms in total. The third kappa shape index (κ3) is 4.80. The van der Waals surface area contributed by atoms with Crippen LogP contribution in [-0.2, 0) is 4.79 Å². The maximum atomic E-state index is 12.1. The third-order valence-corrected chi connectivity index (χ3v) is 4.80. The molecule has 0 fully saturated rings. The summed E-state index contributed by atoms with van der Waals surface area (Å²) in [5.41, 5.74) is 0.691. The van der Waals surface area contributed by atoms with E-state index in [0.717, 1.165) is 17.5 Å². The Balaban J connectivity index is 1.29. The summed E-state index contributed by atoms with van der Waals surface area (Å²) >= 11 is 1.16. The molecule has 1 aliphatic heterocycles. The summed E-state index contributed by atoms with van der Waals surface area (Å²) in [6.45, 7) is 2.79. The number of thioether (sulfide) groups is 1. The fourth-order valence-corrected chi connectivity index (χ4v) is 3.25. The van der Waals surface area contributed by atoms with Crippen LogP contribution in [0.4, 0.5) is 5.69 Å². The summed E-state index contributed by atoms with van der Waals surface area (Å²) in [4.78, 5) is 12.1. The minimum Gasteiger partial charge on any atom is -0.494 e. The lowest BCUT2D eigenvalue weighted by molar-refractivity contribution is -0.113. The SMILES string of the molecule is CCOc1ccc(NC(=O)CSc2nnc([C@@H]3COc4ccccc4O3)o2)cc1. The average molecular weight is 413 g/mol. The molecule has 1 aliphatic rings. The van der Waals surface area contributed by atoms with E-state index in [1.165, 1.54) is 0 Å². The molecular formula is C20H19N3O5S. The molecule has 1 aromatic heterocycles. The number of anilines is 1. The zero-order valence-electron chi connectivity index (χ0n) is 15.7. The van der Waals surface area contributed by atoms with Crippen LogP contribution in [0.3, 0.4) is 0 Å². The van der Waals surface area contributed by atoms with Gasteiger partial charge in [0.2, 0.25) is 12.0 Å². The topological polar surface area (TPSA) is 95.7 Å². The molecule has 4 rings (SSSR count). The highest BCUT2D eigenvalue weighted by molar-refractivity contribution is 7.99. The lowest BCUT2D eigenvalue weighted by Gasteiger charge is -2.23. The van der Waals surface area contributed by atoms with E-state index in [1.807, 2.05) is 31.2 Å². The van der Waals surface area contributed by atoms with Gasteiger partial charge >= 0.3 is 0 Å². The molecule has 0 radical (unpaired) electrons. The summed E-state index contributed by atoms with van der Waals surface area (Å²) in [6, 6.07) is 14.6. The Bertz CT molecular complexity index is 976. The van der Waals surface area contributed by atoms with Gasteiger partial charge in [-0.15, -0.1) is 10.2 Å². The highest BCUT2D eigenvalue weighted by Crippen LogP contribution is 2.35. The standard InChI is InChI=1S/C20H19N3O5S/c1-2-25-14-9-7-13(8-10-14)21-18(24)12-29-20-23-22-19(28-20)17-11-26-15-5-3-4-6-16(15)27-17/h3-10,17H,2,11-12H2,1H3,(H,21,24)/t17-/m0/s1. The predicted octanol–water partition coefficient (Wildman–Crippen LogP) is 3.71. The second kappa shape index (κ2) is 8.87. The van der Waals surface area contributed by atoms with Crippen LogP contribution in [0, 0.1) is 0 Å². The van der Waals surface area contributed by atoms with Gasteiger partial charge in [0.1, 0.15) is 12.4 Å². The summed E-state index contributed by atoms with van der Waals surface area (Å²) in [5.74, 6) is 2.35. The monoisotopic (exact) mass is 413 g/mol. The number of carbonyl (C=O) groups is 1. The Kier molecular flexibility index (Phi) is 5.85. The fraction of sp³-hybridized carbons (Fsp3) is 0.250. The number of benzene rings is 2. The number of para-hydroxylation sites is 2. The molecule has 2 heterocycles. The van der Waals surface area contributed by atoms with Crippen molar-refractivity contribution in [2.45, 2.75) is 18.3 Å². The first-order valence-electron chi connectivity index (χ1n) is 9.08. The molecule has 0 spiro atoms. The molecule has 29 heavy (non-hydrogen) atoms. The molecule has 1 N–H and O–H groups in total. The van der Waals surface area contributed by atoms with Crippen molar-refractivity contribution in [2.75, 3.05) is 24.3 Å². The van der Waals surface area contributed by atoms with E-state index in [-0.39, 0.29) is 18.3 Å². The first kappa shape index (κ1) is 19.1. The number of rotatable bonds is 7. The molecule has 1 amide bonds. The van der Waals surface area contributed by atoms with Gasteiger partial charge in [-0.05, 0) is 43.3 Å². The molecule has 1 atom stereocenters. The van der Waals surface area contributed by atoms with Gasteiger partial charge in [0.05, 0.1) is 12.4 Å². The number of amides is 1. The highest BCUT2D eigenvalue weighted by atomic mass is 32.2. The fourth-order valence-electron chi connectivity index (χ4n) is 2.68. The molecule has 150 valence electrons. The van der Waals surface area contributed by atoms with Crippen molar-refractivity contribution >= 4 is 23.4 Å². The van der Waals surface area contributed by atoms with Crippen molar-refractivity contribution in [2.24, 2.45) is 0 Å². The van der Waals surface area contributed by atoms with Crippen LogP contribution in [0.25, 0.3) is 0 Å². The zero-order chi connectivity index (χ0) is 20.1. The van der Waals surface area contributed by atoms with Gasteiger partial charge in [-0.3, -0.25) is 4.79 Å². The maximum Gasteiger partial charge on any atom is 0.277 e. The van der Waals surface area contributed by atoms with Gasteiger partial charge in [0, 0.05) is 5.69 Å². The van der Waals surface area contributed by atoms with Gasteiger partial charge in [-0.1, -0.05) is 23.9 Å². The predicted molar refractivity (Wildman–Crippen MR) is 107 cm³/mol. The molecule has 0 saturated heterocycles. The molecule has 9 heteroatoms. The smallest absolute Gasteiger partial charge is 0.277 e. The molecule has 0 saturated carbocycles. The molecule has 2 aromatic carbocycles. The van der Waals surface area contributed by atoms with Crippen molar-refractivity contribution in [3.63, 3.8) is 0 Å². The largest absolute Gasteiger partial charge is 0.494 e. The highest BCUT2D eigenvalue weighted by Gasteiger charge is 2.27. The van der Waals surface area contributed by atoms with Gasteiger partial charge in [-0.25, -0.2) is 0 Å². The molecule has 0 unspecified atom stereocenters. The van der Waals surface area contributed by atoms with Crippen molar-refractivity contribution in [1.82, 2.24) is 10.2 Å². The molecule has 0 aliphatic carbocycles. The molecule has 0 bridgehead atoms.